The van der Waals surface area contributed by atoms with Gasteiger partial charge in [-0.15, -0.1) is 0 Å². The molecule has 1 aromatic rings. The zero-order valence-electron chi connectivity index (χ0n) is 11.4. The van der Waals surface area contributed by atoms with E-state index in [0.29, 0.717) is 0 Å². The van der Waals surface area contributed by atoms with Crippen LogP contribution >= 0.6 is 0 Å². The SMILES string of the molecule is CC(C)(C)OC(=O)CC(=O)c1ccccc1C(F)(F)F. The van der Waals surface area contributed by atoms with Crippen molar-refractivity contribution in [2.45, 2.75) is 39.0 Å². The van der Waals surface area contributed by atoms with Crippen LogP contribution in [0.25, 0.3) is 0 Å². The molecule has 0 aromatic heterocycles. The Balaban J connectivity index is 2.92. The summed E-state index contributed by atoms with van der Waals surface area (Å²) in [6, 6.07) is 4.36. The molecule has 0 spiro atoms. The molecule has 20 heavy (non-hydrogen) atoms. The fraction of sp³-hybridized carbons (Fsp3) is 0.429. The third-order valence-corrected chi connectivity index (χ3v) is 2.26. The Morgan fingerprint density at radius 2 is 1.65 bits per heavy atom. The van der Waals surface area contributed by atoms with Gasteiger partial charge in [-0.1, -0.05) is 18.2 Å². The number of carbonyl (C=O) groups is 2. The lowest BCUT2D eigenvalue weighted by Crippen LogP contribution is -2.26. The normalized spacial score (nSPS) is 12.1. The second-order valence-corrected chi connectivity index (χ2v) is 5.23. The van der Waals surface area contributed by atoms with Crippen LogP contribution < -0.4 is 0 Å². The first-order valence-electron chi connectivity index (χ1n) is 5.92. The van der Waals surface area contributed by atoms with Crippen molar-refractivity contribution in [3.63, 3.8) is 0 Å². The largest absolute Gasteiger partial charge is 0.460 e. The monoisotopic (exact) mass is 288 g/mol. The molecule has 0 fully saturated rings. The average molecular weight is 288 g/mol. The van der Waals surface area contributed by atoms with Gasteiger partial charge in [0.05, 0.1) is 5.56 Å². The highest BCUT2D eigenvalue weighted by Gasteiger charge is 2.35. The quantitative estimate of drug-likeness (QED) is 0.484. The maximum absolute atomic E-state index is 12.7. The van der Waals surface area contributed by atoms with E-state index in [2.05, 4.69) is 0 Å². The third-order valence-electron chi connectivity index (χ3n) is 2.26. The topological polar surface area (TPSA) is 43.4 Å². The highest BCUT2D eigenvalue weighted by atomic mass is 19.4. The van der Waals surface area contributed by atoms with Gasteiger partial charge in [-0.05, 0) is 26.8 Å². The van der Waals surface area contributed by atoms with Gasteiger partial charge in [-0.3, -0.25) is 9.59 Å². The van der Waals surface area contributed by atoms with Gasteiger partial charge in [0.1, 0.15) is 12.0 Å². The first kappa shape index (κ1) is 16.2. The molecular weight excluding hydrogens is 273 g/mol. The number of hydrogen-bond donors (Lipinski definition) is 0. The van der Waals surface area contributed by atoms with E-state index in [1.807, 2.05) is 0 Å². The molecule has 0 N–H and O–H groups in total. The van der Waals surface area contributed by atoms with Crippen LogP contribution in [0.5, 0.6) is 0 Å². The predicted octanol–water partition coefficient (Wildman–Crippen LogP) is 3.62. The van der Waals surface area contributed by atoms with E-state index >= 15 is 0 Å². The second kappa shape index (κ2) is 5.64. The van der Waals surface area contributed by atoms with Crippen LogP contribution in [0, 0.1) is 0 Å². The predicted molar refractivity (Wildman–Crippen MR) is 66.2 cm³/mol. The number of esters is 1. The summed E-state index contributed by atoms with van der Waals surface area (Å²) in [6.07, 6.45) is -5.36. The lowest BCUT2D eigenvalue weighted by molar-refractivity contribution is -0.153. The zero-order chi connectivity index (χ0) is 15.6. The van der Waals surface area contributed by atoms with Crippen molar-refractivity contribution >= 4 is 11.8 Å². The number of benzene rings is 1. The van der Waals surface area contributed by atoms with Crippen LogP contribution in [0.4, 0.5) is 13.2 Å². The molecule has 1 rings (SSSR count). The van der Waals surface area contributed by atoms with Gasteiger partial charge in [0.2, 0.25) is 0 Å². The minimum absolute atomic E-state index is 0.522. The van der Waals surface area contributed by atoms with Gasteiger partial charge in [0, 0.05) is 5.56 Å². The maximum Gasteiger partial charge on any atom is 0.417 e. The number of halogens is 3. The number of hydrogen-bond acceptors (Lipinski definition) is 3. The number of alkyl halides is 3. The molecule has 6 heteroatoms. The Morgan fingerprint density at radius 1 is 1.10 bits per heavy atom. The summed E-state index contributed by atoms with van der Waals surface area (Å²) in [4.78, 5) is 23.3. The highest BCUT2D eigenvalue weighted by Crippen LogP contribution is 2.32. The number of Topliss-reactive ketones (excluding diaryl/α,β-unsaturated/α-hetero) is 1. The van der Waals surface area contributed by atoms with Gasteiger partial charge in [0.25, 0.3) is 0 Å². The molecule has 0 saturated carbocycles. The Hall–Kier alpha value is -1.85. The molecule has 0 unspecified atom stereocenters. The minimum atomic E-state index is -4.64. The molecular formula is C14H15F3O3. The Kier molecular flexibility index (Phi) is 4.57. The van der Waals surface area contributed by atoms with E-state index in [-0.39, 0.29) is 0 Å². The summed E-state index contributed by atoms with van der Waals surface area (Å²) in [5, 5.41) is 0. The van der Waals surface area contributed by atoms with Crippen molar-refractivity contribution in [2.24, 2.45) is 0 Å². The van der Waals surface area contributed by atoms with E-state index in [0.717, 1.165) is 12.1 Å². The first-order valence-corrected chi connectivity index (χ1v) is 5.92. The summed E-state index contributed by atoms with van der Waals surface area (Å²) in [7, 11) is 0. The number of rotatable bonds is 3. The van der Waals surface area contributed by atoms with Crippen molar-refractivity contribution in [3.8, 4) is 0 Å². The summed E-state index contributed by atoms with van der Waals surface area (Å²) < 4.78 is 43.2. The standard InChI is InChI=1S/C14H15F3O3/c1-13(2,3)20-12(19)8-11(18)9-6-4-5-7-10(9)14(15,16)17/h4-7H,8H2,1-3H3. The van der Waals surface area contributed by atoms with Gasteiger partial charge in [0.15, 0.2) is 5.78 Å². The molecule has 3 nitrogen and oxygen atoms in total. The second-order valence-electron chi connectivity index (χ2n) is 5.23. The molecule has 0 saturated heterocycles. The molecule has 1 aromatic carbocycles. The fourth-order valence-electron chi connectivity index (χ4n) is 1.58. The molecule has 110 valence electrons. The van der Waals surface area contributed by atoms with Crippen molar-refractivity contribution in [1.29, 1.82) is 0 Å². The molecule has 0 heterocycles. The van der Waals surface area contributed by atoms with Gasteiger partial charge in [-0.25, -0.2) is 0 Å². The lowest BCUT2D eigenvalue weighted by atomic mass is 10.0. The molecule has 0 aliphatic heterocycles. The van der Waals surface area contributed by atoms with Crippen molar-refractivity contribution < 1.29 is 27.5 Å². The first-order chi connectivity index (χ1) is 9.00. The smallest absolute Gasteiger partial charge is 0.417 e. The van der Waals surface area contributed by atoms with E-state index < -0.39 is 41.1 Å². The van der Waals surface area contributed by atoms with Crippen molar-refractivity contribution in [3.05, 3.63) is 35.4 Å². The number of ether oxygens (including phenoxy) is 1. The van der Waals surface area contributed by atoms with Crippen LogP contribution in [0.2, 0.25) is 0 Å². The van der Waals surface area contributed by atoms with Crippen molar-refractivity contribution in [1.82, 2.24) is 0 Å². The average Bonchev–Trinajstić information content (AvgIpc) is 2.25. The Morgan fingerprint density at radius 3 is 2.15 bits per heavy atom. The number of ketones is 1. The lowest BCUT2D eigenvalue weighted by Gasteiger charge is -2.19. The van der Waals surface area contributed by atoms with E-state index in [1.54, 1.807) is 20.8 Å². The summed E-state index contributed by atoms with van der Waals surface area (Å²) >= 11 is 0. The summed E-state index contributed by atoms with van der Waals surface area (Å²) in [5.74, 6) is -1.76. The number of carbonyl (C=O) groups excluding carboxylic acids is 2. The fourth-order valence-corrected chi connectivity index (χ4v) is 1.58. The zero-order valence-corrected chi connectivity index (χ0v) is 11.4. The summed E-state index contributed by atoms with van der Waals surface area (Å²) in [6.45, 7) is 4.83. The van der Waals surface area contributed by atoms with Crippen LogP contribution in [0.15, 0.2) is 24.3 Å². The van der Waals surface area contributed by atoms with E-state index in [9.17, 15) is 22.8 Å². The molecule has 0 aliphatic rings. The Labute approximate surface area is 114 Å². The van der Waals surface area contributed by atoms with Crippen LogP contribution in [-0.4, -0.2) is 17.4 Å². The minimum Gasteiger partial charge on any atom is -0.460 e. The van der Waals surface area contributed by atoms with E-state index in [1.165, 1.54) is 12.1 Å². The molecule has 0 amide bonds. The molecule has 0 atom stereocenters. The van der Waals surface area contributed by atoms with E-state index in [4.69, 9.17) is 4.74 Å². The highest BCUT2D eigenvalue weighted by molar-refractivity contribution is 6.06. The molecule has 0 bridgehead atoms. The molecule has 0 radical (unpaired) electrons. The summed E-state index contributed by atoms with van der Waals surface area (Å²) in [5.41, 5.74) is -2.36. The van der Waals surface area contributed by atoms with Crippen LogP contribution in [-0.2, 0) is 15.7 Å². The van der Waals surface area contributed by atoms with Crippen molar-refractivity contribution in [2.75, 3.05) is 0 Å². The van der Waals surface area contributed by atoms with Gasteiger partial charge < -0.3 is 4.74 Å². The Bertz CT molecular complexity index is 513. The molecule has 0 aliphatic carbocycles. The van der Waals surface area contributed by atoms with Crippen LogP contribution in [0.1, 0.15) is 43.1 Å². The van der Waals surface area contributed by atoms with Gasteiger partial charge in [-0.2, -0.15) is 13.2 Å². The maximum atomic E-state index is 12.7. The third kappa shape index (κ3) is 4.68. The van der Waals surface area contributed by atoms with Gasteiger partial charge >= 0.3 is 12.1 Å². The van der Waals surface area contributed by atoms with Crippen LogP contribution in [0.3, 0.4) is 0 Å².